The minimum absolute atomic E-state index is 0.930. The standard InChI is InChI=1S/C19H27N5/c1-17-15-19(22-16-21-17)20-9-5-6-10-23-11-13-24(14-12-23)18-7-3-2-4-8-18/h2-4,7-8,15-16H,5-6,9-14H2,1H3,(H,20,21,22). The van der Waals surface area contributed by atoms with Crippen molar-refractivity contribution in [1.29, 1.82) is 0 Å². The number of aromatic nitrogens is 2. The fourth-order valence-electron chi connectivity index (χ4n) is 3.10. The van der Waals surface area contributed by atoms with Gasteiger partial charge in [-0.05, 0) is 38.4 Å². The van der Waals surface area contributed by atoms with Crippen LogP contribution < -0.4 is 10.2 Å². The van der Waals surface area contributed by atoms with Gasteiger partial charge in [-0.2, -0.15) is 0 Å². The van der Waals surface area contributed by atoms with Gasteiger partial charge < -0.3 is 10.2 Å². The van der Waals surface area contributed by atoms with Gasteiger partial charge in [0.1, 0.15) is 12.1 Å². The zero-order valence-corrected chi connectivity index (χ0v) is 14.5. The molecule has 0 unspecified atom stereocenters. The third-order valence-corrected chi connectivity index (χ3v) is 4.50. The largest absolute Gasteiger partial charge is 0.370 e. The highest BCUT2D eigenvalue weighted by Crippen LogP contribution is 2.15. The number of benzene rings is 1. The van der Waals surface area contributed by atoms with Crippen molar-refractivity contribution >= 4 is 11.5 Å². The molecule has 5 nitrogen and oxygen atoms in total. The van der Waals surface area contributed by atoms with Crippen molar-refractivity contribution in [3.63, 3.8) is 0 Å². The highest BCUT2D eigenvalue weighted by atomic mass is 15.3. The second-order valence-corrected chi connectivity index (χ2v) is 6.34. The molecule has 1 aromatic carbocycles. The maximum atomic E-state index is 4.23. The number of nitrogens with zero attached hydrogens (tertiary/aromatic N) is 4. The molecular formula is C19H27N5. The van der Waals surface area contributed by atoms with Gasteiger partial charge in [0, 0.05) is 50.2 Å². The number of aryl methyl sites for hydroxylation is 1. The summed E-state index contributed by atoms with van der Waals surface area (Å²) in [5.74, 6) is 0.930. The van der Waals surface area contributed by atoms with E-state index in [1.165, 1.54) is 25.1 Å². The van der Waals surface area contributed by atoms with Crippen LogP contribution in [0.5, 0.6) is 0 Å². The van der Waals surface area contributed by atoms with Crippen LogP contribution in [0.2, 0.25) is 0 Å². The van der Waals surface area contributed by atoms with Crippen LogP contribution in [0.25, 0.3) is 0 Å². The second kappa shape index (κ2) is 8.64. The second-order valence-electron chi connectivity index (χ2n) is 6.34. The molecule has 3 rings (SSSR count). The molecular weight excluding hydrogens is 298 g/mol. The molecule has 0 atom stereocenters. The van der Waals surface area contributed by atoms with Crippen LogP contribution in [0, 0.1) is 6.92 Å². The van der Waals surface area contributed by atoms with Crippen molar-refractivity contribution in [3.8, 4) is 0 Å². The molecule has 1 aliphatic heterocycles. The van der Waals surface area contributed by atoms with Gasteiger partial charge in [-0.1, -0.05) is 18.2 Å². The maximum absolute atomic E-state index is 4.23. The lowest BCUT2D eigenvalue weighted by atomic mass is 10.2. The first-order valence-corrected chi connectivity index (χ1v) is 8.86. The smallest absolute Gasteiger partial charge is 0.129 e. The van der Waals surface area contributed by atoms with E-state index in [0.717, 1.165) is 44.2 Å². The van der Waals surface area contributed by atoms with Gasteiger partial charge in [0.2, 0.25) is 0 Å². The fourth-order valence-corrected chi connectivity index (χ4v) is 3.10. The highest BCUT2D eigenvalue weighted by Gasteiger charge is 2.16. The summed E-state index contributed by atoms with van der Waals surface area (Å²) in [4.78, 5) is 13.4. The molecule has 5 heteroatoms. The number of piperazine rings is 1. The molecule has 128 valence electrons. The van der Waals surface area contributed by atoms with Crippen molar-refractivity contribution in [3.05, 3.63) is 48.4 Å². The average molecular weight is 325 g/mol. The van der Waals surface area contributed by atoms with Gasteiger partial charge in [-0.25, -0.2) is 9.97 Å². The number of hydrogen-bond acceptors (Lipinski definition) is 5. The average Bonchev–Trinajstić information content (AvgIpc) is 2.63. The number of nitrogens with one attached hydrogen (secondary N) is 1. The Balaban J connectivity index is 1.30. The van der Waals surface area contributed by atoms with Crippen molar-refractivity contribution in [2.75, 3.05) is 49.5 Å². The summed E-state index contributed by atoms with van der Waals surface area (Å²) in [5.41, 5.74) is 2.35. The Bertz CT molecular complexity index is 608. The highest BCUT2D eigenvalue weighted by molar-refractivity contribution is 5.46. The molecule has 24 heavy (non-hydrogen) atoms. The van der Waals surface area contributed by atoms with Crippen LogP contribution in [-0.4, -0.2) is 54.1 Å². The molecule has 1 aliphatic rings. The monoisotopic (exact) mass is 325 g/mol. The van der Waals surface area contributed by atoms with Crippen LogP contribution in [-0.2, 0) is 0 Å². The zero-order chi connectivity index (χ0) is 16.6. The molecule has 1 aromatic heterocycles. The summed E-state index contributed by atoms with van der Waals surface area (Å²) in [6, 6.07) is 12.7. The van der Waals surface area contributed by atoms with Gasteiger partial charge in [-0.3, -0.25) is 4.90 Å². The molecule has 1 fully saturated rings. The number of hydrogen-bond donors (Lipinski definition) is 1. The van der Waals surface area contributed by atoms with E-state index in [9.17, 15) is 0 Å². The molecule has 1 saturated heterocycles. The first-order valence-electron chi connectivity index (χ1n) is 8.86. The minimum Gasteiger partial charge on any atom is -0.370 e. The number of rotatable bonds is 7. The lowest BCUT2D eigenvalue weighted by molar-refractivity contribution is 0.254. The third kappa shape index (κ3) is 4.93. The summed E-state index contributed by atoms with van der Waals surface area (Å²) in [7, 11) is 0. The van der Waals surface area contributed by atoms with Gasteiger partial charge in [0.05, 0.1) is 0 Å². The van der Waals surface area contributed by atoms with E-state index in [1.54, 1.807) is 6.33 Å². The van der Waals surface area contributed by atoms with Crippen LogP contribution in [0.15, 0.2) is 42.7 Å². The molecule has 0 amide bonds. The Morgan fingerprint density at radius 3 is 2.54 bits per heavy atom. The fraction of sp³-hybridized carbons (Fsp3) is 0.474. The molecule has 2 aromatic rings. The normalized spacial score (nSPS) is 15.5. The van der Waals surface area contributed by atoms with E-state index in [1.807, 2.05) is 13.0 Å². The minimum atomic E-state index is 0.930. The first kappa shape index (κ1) is 16.7. The van der Waals surface area contributed by atoms with Gasteiger partial charge in [0.25, 0.3) is 0 Å². The van der Waals surface area contributed by atoms with Crippen LogP contribution in [0.3, 0.4) is 0 Å². The lowest BCUT2D eigenvalue weighted by Gasteiger charge is -2.36. The Morgan fingerprint density at radius 1 is 1.00 bits per heavy atom. The van der Waals surface area contributed by atoms with Gasteiger partial charge in [-0.15, -0.1) is 0 Å². The summed E-state index contributed by atoms with van der Waals surface area (Å²) in [5, 5.41) is 3.37. The lowest BCUT2D eigenvalue weighted by Crippen LogP contribution is -2.46. The predicted molar refractivity (Wildman–Crippen MR) is 99.6 cm³/mol. The Morgan fingerprint density at radius 2 is 1.79 bits per heavy atom. The van der Waals surface area contributed by atoms with E-state index in [2.05, 4.69) is 55.4 Å². The van der Waals surface area contributed by atoms with Crippen molar-refractivity contribution in [2.45, 2.75) is 19.8 Å². The predicted octanol–water partition coefficient (Wildman–Crippen LogP) is 2.80. The molecule has 0 radical (unpaired) electrons. The van der Waals surface area contributed by atoms with Crippen molar-refractivity contribution in [1.82, 2.24) is 14.9 Å². The Labute approximate surface area is 144 Å². The SMILES string of the molecule is Cc1cc(NCCCCN2CCN(c3ccccc3)CC2)ncn1. The molecule has 0 spiro atoms. The molecule has 0 bridgehead atoms. The molecule has 0 aliphatic carbocycles. The number of para-hydroxylation sites is 1. The van der Waals surface area contributed by atoms with E-state index in [4.69, 9.17) is 0 Å². The van der Waals surface area contributed by atoms with E-state index >= 15 is 0 Å². The van der Waals surface area contributed by atoms with Crippen molar-refractivity contribution < 1.29 is 0 Å². The Kier molecular flexibility index (Phi) is 6.01. The van der Waals surface area contributed by atoms with Crippen LogP contribution >= 0.6 is 0 Å². The Hall–Kier alpha value is -2.14. The maximum Gasteiger partial charge on any atom is 0.129 e. The number of unbranched alkanes of at least 4 members (excludes halogenated alkanes) is 1. The summed E-state index contributed by atoms with van der Waals surface area (Å²) < 4.78 is 0. The van der Waals surface area contributed by atoms with Crippen molar-refractivity contribution in [2.24, 2.45) is 0 Å². The van der Waals surface area contributed by atoms with E-state index in [0.29, 0.717) is 0 Å². The topological polar surface area (TPSA) is 44.3 Å². The number of anilines is 2. The zero-order valence-electron chi connectivity index (χ0n) is 14.5. The third-order valence-electron chi connectivity index (χ3n) is 4.50. The van der Waals surface area contributed by atoms with Crippen LogP contribution in [0.4, 0.5) is 11.5 Å². The summed E-state index contributed by atoms with van der Waals surface area (Å²) in [6.45, 7) is 8.72. The van der Waals surface area contributed by atoms with Gasteiger partial charge >= 0.3 is 0 Å². The van der Waals surface area contributed by atoms with E-state index < -0.39 is 0 Å². The summed E-state index contributed by atoms with van der Waals surface area (Å²) in [6.07, 6.45) is 4.01. The first-order chi connectivity index (χ1) is 11.8. The molecule has 1 N–H and O–H groups in total. The van der Waals surface area contributed by atoms with Gasteiger partial charge in [0.15, 0.2) is 0 Å². The molecule has 0 saturated carbocycles. The van der Waals surface area contributed by atoms with Crippen LogP contribution in [0.1, 0.15) is 18.5 Å². The van der Waals surface area contributed by atoms with E-state index in [-0.39, 0.29) is 0 Å². The summed E-state index contributed by atoms with van der Waals surface area (Å²) >= 11 is 0. The quantitative estimate of drug-likeness (QED) is 0.793. The molecule has 2 heterocycles.